The molecule has 1 aromatic carbocycles. The summed E-state index contributed by atoms with van der Waals surface area (Å²) in [7, 11) is 1.61. The van der Waals surface area contributed by atoms with E-state index in [1.54, 1.807) is 31.5 Å². The van der Waals surface area contributed by atoms with Crippen molar-refractivity contribution in [1.82, 2.24) is 24.5 Å². The van der Waals surface area contributed by atoms with Gasteiger partial charge in [-0.05, 0) is 24.6 Å². The number of aromatic amines is 1. The number of rotatable bonds is 4. The number of ether oxygens (including phenoxy) is 2. The Morgan fingerprint density at radius 2 is 1.92 bits per heavy atom. The number of aryl methyl sites for hydroxylation is 1. The van der Waals surface area contributed by atoms with Crippen molar-refractivity contribution in [3.8, 4) is 23.1 Å². The fraction of sp³-hybridized carbons (Fsp3) is 0.111. The van der Waals surface area contributed by atoms with Crippen LogP contribution in [0.15, 0.2) is 53.7 Å². The number of aromatic nitrogens is 5. The van der Waals surface area contributed by atoms with Crippen molar-refractivity contribution in [2.45, 2.75) is 6.92 Å². The third-order valence-electron chi connectivity index (χ3n) is 3.90. The Labute approximate surface area is 148 Å². The van der Waals surface area contributed by atoms with Crippen molar-refractivity contribution >= 4 is 11.3 Å². The SMILES string of the molecule is COc1cc(Oc2ccc(-n3c(=O)[nH]c4nccnc43)cn2)ccc1C. The maximum absolute atomic E-state index is 12.2. The minimum Gasteiger partial charge on any atom is -0.496 e. The first-order chi connectivity index (χ1) is 12.7. The quantitative estimate of drug-likeness (QED) is 0.608. The maximum atomic E-state index is 12.2. The number of fused-ring (bicyclic) bond motifs is 1. The molecule has 0 saturated carbocycles. The average molecular weight is 349 g/mol. The maximum Gasteiger partial charge on any atom is 0.333 e. The number of benzene rings is 1. The van der Waals surface area contributed by atoms with E-state index in [0.29, 0.717) is 28.6 Å². The fourth-order valence-corrected chi connectivity index (χ4v) is 2.63. The molecular formula is C18H15N5O3. The third-order valence-corrected chi connectivity index (χ3v) is 3.90. The third kappa shape index (κ3) is 2.77. The normalized spacial score (nSPS) is 10.8. The van der Waals surface area contributed by atoms with Gasteiger partial charge in [0.25, 0.3) is 0 Å². The van der Waals surface area contributed by atoms with Crippen LogP contribution < -0.4 is 15.2 Å². The molecule has 3 heterocycles. The first-order valence-corrected chi connectivity index (χ1v) is 7.86. The molecule has 130 valence electrons. The highest BCUT2D eigenvalue weighted by molar-refractivity contribution is 5.67. The molecule has 0 fully saturated rings. The van der Waals surface area contributed by atoms with Crippen LogP contribution in [0.4, 0.5) is 0 Å². The first-order valence-electron chi connectivity index (χ1n) is 7.86. The Morgan fingerprint density at radius 1 is 1.08 bits per heavy atom. The predicted molar refractivity (Wildman–Crippen MR) is 95.1 cm³/mol. The number of methoxy groups -OCH3 is 1. The number of nitrogens with one attached hydrogen (secondary N) is 1. The van der Waals surface area contributed by atoms with Crippen LogP contribution in [0.3, 0.4) is 0 Å². The summed E-state index contributed by atoms with van der Waals surface area (Å²) in [6.07, 6.45) is 4.60. The molecule has 4 aromatic rings. The van der Waals surface area contributed by atoms with Crippen molar-refractivity contribution in [3.63, 3.8) is 0 Å². The molecule has 0 unspecified atom stereocenters. The summed E-state index contributed by atoms with van der Waals surface area (Å²) in [6, 6.07) is 8.96. The summed E-state index contributed by atoms with van der Waals surface area (Å²) < 4.78 is 12.5. The van der Waals surface area contributed by atoms with Crippen LogP contribution in [0.5, 0.6) is 17.4 Å². The molecule has 0 aliphatic rings. The Balaban J connectivity index is 1.65. The molecular weight excluding hydrogens is 334 g/mol. The van der Waals surface area contributed by atoms with E-state index >= 15 is 0 Å². The van der Waals surface area contributed by atoms with Crippen LogP contribution in [0.25, 0.3) is 17.0 Å². The topological polar surface area (TPSA) is 94.9 Å². The van der Waals surface area contributed by atoms with Crippen LogP contribution in [0.2, 0.25) is 0 Å². The minimum atomic E-state index is -0.329. The molecule has 8 nitrogen and oxygen atoms in total. The highest BCUT2D eigenvalue weighted by Gasteiger charge is 2.11. The standard InChI is InChI=1S/C18H15N5O3/c1-11-3-5-13(9-14(11)25-2)26-15-6-4-12(10-21-15)23-17-16(22-18(23)24)19-7-8-20-17/h3-10H,1-2H3,(H,19,22,24). The van der Waals surface area contributed by atoms with E-state index in [0.717, 1.165) is 11.3 Å². The molecule has 4 rings (SSSR count). The molecule has 1 N–H and O–H groups in total. The van der Waals surface area contributed by atoms with E-state index in [2.05, 4.69) is 19.9 Å². The summed E-state index contributed by atoms with van der Waals surface area (Å²) in [6.45, 7) is 1.96. The van der Waals surface area contributed by atoms with Crippen molar-refractivity contribution in [3.05, 3.63) is 65.0 Å². The smallest absolute Gasteiger partial charge is 0.333 e. The van der Waals surface area contributed by atoms with Gasteiger partial charge in [0, 0.05) is 24.5 Å². The van der Waals surface area contributed by atoms with Crippen LogP contribution in [0, 0.1) is 6.92 Å². The lowest BCUT2D eigenvalue weighted by molar-refractivity contribution is 0.404. The molecule has 3 aromatic heterocycles. The van der Waals surface area contributed by atoms with E-state index in [-0.39, 0.29) is 5.69 Å². The summed E-state index contributed by atoms with van der Waals surface area (Å²) >= 11 is 0. The molecule has 0 saturated heterocycles. The molecule has 0 amide bonds. The number of hydrogen-bond acceptors (Lipinski definition) is 6. The van der Waals surface area contributed by atoms with Gasteiger partial charge < -0.3 is 9.47 Å². The summed E-state index contributed by atoms with van der Waals surface area (Å²) in [5.41, 5.74) is 2.12. The molecule has 0 aliphatic carbocycles. The van der Waals surface area contributed by atoms with Crippen LogP contribution >= 0.6 is 0 Å². The summed E-state index contributed by atoms with van der Waals surface area (Å²) in [5.74, 6) is 1.75. The van der Waals surface area contributed by atoms with Crippen molar-refractivity contribution in [2.24, 2.45) is 0 Å². The average Bonchev–Trinajstić information content (AvgIpc) is 3.00. The summed E-state index contributed by atoms with van der Waals surface area (Å²) in [4.78, 5) is 27.4. The zero-order valence-corrected chi connectivity index (χ0v) is 14.1. The lowest BCUT2D eigenvalue weighted by atomic mass is 10.2. The Hall–Kier alpha value is -3.68. The van der Waals surface area contributed by atoms with Gasteiger partial charge in [-0.1, -0.05) is 6.07 Å². The second-order valence-electron chi connectivity index (χ2n) is 5.58. The number of nitrogens with zero attached hydrogens (tertiary/aromatic N) is 4. The number of H-pyrrole nitrogens is 1. The van der Waals surface area contributed by atoms with E-state index < -0.39 is 0 Å². The van der Waals surface area contributed by atoms with Crippen LogP contribution in [-0.4, -0.2) is 31.6 Å². The van der Waals surface area contributed by atoms with Gasteiger partial charge in [-0.2, -0.15) is 0 Å². The highest BCUT2D eigenvalue weighted by Crippen LogP contribution is 2.27. The van der Waals surface area contributed by atoms with Crippen molar-refractivity contribution in [1.29, 1.82) is 0 Å². The number of pyridine rings is 1. The molecule has 0 radical (unpaired) electrons. The van der Waals surface area contributed by atoms with E-state index in [9.17, 15) is 4.79 Å². The lowest BCUT2D eigenvalue weighted by Crippen LogP contribution is -2.15. The summed E-state index contributed by atoms with van der Waals surface area (Å²) in [5, 5.41) is 0. The van der Waals surface area contributed by atoms with Gasteiger partial charge in [0.15, 0.2) is 11.3 Å². The molecule has 8 heteroatoms. The molecule has 0 atom stereocenters. The number of imidazole rings is 1. The molecule has 0 aliphatic heterocycles. The lowest BCUT2D eigenvalue weighted by Gasteiger charge is -2.09. The zero-order chi connectivity index (χ0) is 18.1. The van der Waals surface area contributed by atoms with Gasteiger partial charge in [-0.3, -0.25) is 4.98 Å². The zero-order valence-electron chi connectivity index (χ0n) is 14.1. The predicted octanol–water partition coefficient (Wildman–Crippen LogP) is 2.61. The minimum absolute atomic E-state index is 0.329. The highest BCUT2D eigenvalue weighted by atomic mass is 16.5. The van der Waals surface area contributed by atoms with Gasteiger partial charge in [-0.15, -0.1) is 0 Å². The van der Waals surface area contributed by atoms with Crippen LogP contribution in [-0.2, 0) is 0 Å². The Bertz CT molecular complexity index is 1130. The van der Waals surface area contributed by atoms with E-state index in [1.165, 1.54) is 17.0 Å². The van der Waals surface area contributed by atoms with Gasteiger partial charge in [0.05, 0.1) is 19.0 Å². The second-order valence-corrected chi connectivity index (χ2v) is 5.58. The second kappa shape index (κ2) is 6.32. The fourth-order valence-electron chi connectivity index (χ4n) is 2.63. The Kier molecular flexibility index (Phi) is 3.85. The molecule has 0 bridgehead atoms. The first kappa shape index (κ1) is 15.8. The van der Waals surface area contributed by atoms with Crippen molar-refractivity contribution < 1.29 is 9.47 Å². The molecule has 26 heavy (non-hydrogen) atoms. The van der Waals surface area contributed by atoms with Gasteiger partial charge in [0.2, 0.25) is 5.88 Å². The van der Waals surface area contributed by atoms with Gasteiger partial charge in [0.1, 0.15) is 11.5 Å². The monoisotopic (exact) mass is 349 g/mol. The van der Waals surface area contributed by atoms with E-state index in [4.69, 9.17) is 9.47 Å². The van der Waals surface area contributed by atoms with Crippen LogP contribution in [0.1, 0.15) is 5.56 Å². The van der Waals surface area contributed by atoms with Gasteiger partial charge >= 0.3 is 5.69 Å². The molecule has 0 spiro atoms. The van der Waals surface area contributed by atoms with E-state index in [1.807, 2.05) is 19.1 Å². The number of hydrogen-bond donors (Lipinski definition) is 1. The largest absolute Gasteiger partial charge is 0.496 e. The van der Waals surface area contributed by atoms with Gasteiger partial charge in [-0.25, -0.2) is 24.3 Å². The van der Waals surface area contributed by atoms with Crippen molar-refractivity contribution in [2.75, 3.05) is 7.11 Å². The Morgan fingerprint density at radius 3 is 2.69 bits per heavy atom.